The highest BCUT2D eigenvalue weighted by molar-refractivity contribution is 6.15. The molecule has 1 N–H and O–H groups in total. The van der Waals surface area contributed by atoms with Crippen molar-refractivity contribution in [2.24, 2.45) is 0 Å². The average molecular weight is 683 g/mol. The minimum absolute atomic E-state index is 0.0196. The van der Waals surface area contributed by atoms with Crippen LogP contribution in [0.15, 0.2) is 79.0 Å². The van der Waals surface area contributed by atoms with Gasteiger partial charge in [-0.15, -0.1) is 0 Å². The van der Waals surface area contributed by atoms with E-state index in [0.29, 0.717) is 36.6 Å². The van der Waals surface area contributed by atoms with Crippen LogP contribution in [0.25, 0.3) is 0 Å². The van der Waals surface area contributed by atoms with E-state index in [1.165, 1.54) is 58.2 Å². The number of nitriles is 1. The van der Waals surface area contributed by atoms with Crippen molar-refractivity contribution in [3.05, 3.63) is 107 Å². The molecule has 258 valence electrons. The number of anilines is 2. The second-order valence-electron chi connectivity index (χ2n) is 13.3. The Morgan fingerprint density at radius 3 is 2.38 bits per heavy atom. The Labute approximate surface area is 288 Å². The van der Waals surface area contributed by atoms with Crippen molar-refractivity contribution in [3.8, 4) is 11.8 Å². The molecule has 1 fully saturated rings. The fraction of sp³-hybridized carbons (Fsp3) is 0.324. The number of ether oxygens (including phenoxy) is 2. The largest absolute Gasteiger partial charge is 0.487 e. The van der Waals surface area contributed by atoms with Gasteiger partial charge in [-0.25, -0.2) is 4.79 Å². The van der Waals surface area contributed by atoms with Gasteiger partial charge < -0.3 is 24.6 Å². The first-order valence-electron chi connectivity index (χ1n) is 16.2. The molecule has 0 bridgehead atoms. The van der Waals surface area contributed by atoms with Crippen LogP contribution in [0.1, 0.15) is 71.7 Å². The molecule has 2 aliphatic rings. The van der Waals surface area contributed by atoms with Gasteiger partial charge in [0.15, 0.2) is 0 Å². The van der Waals surface area contributed by atoms with Gasteiger partial charge in [0.05, 0.1) is 36.5 Å². The van der Waals surface area contributed by atoms with E-state index in [9.17, 15) is 19.6 Å². The Bertz CT molecular complexity index is 1970. The van der Waals surface area contributed by atoms with E-state index in [4.69, 9.17) is 9.47 Å². The number of carbonyl (C=O) groups is 3. The number of halogens is 2. The third-order valence-electron chi connectivity index (χ3n) is 8.48. The molecule has 2 atom stereocenters. The van der Waals surface area contributed by atoms with Gasteiger partial charge in [0.25, 0.3) is 17.7 Å². The number of fused-ring (bicyclic) bond motifs is 1. The quantitative estimate of drug-likeness (QED) is 0.233. The number of nitrogens with one attached hydrogen (secondary N) is 1. The van der Waals surface area contributed by atoms with Crippen LogP contribution in [0.3, 0.4) is 0 Å². The molecule has 1 saturated heterocycles. The van der Waals surface area contributed by atoms with E-state index in [1.54, 1.807) is 56.0 Å². The summed E-state index contributed by atoms with van der Waals surface area (Å²) in [6, 6.07) is 19.3. The molecule has 0 unspecified atom stereocenters. The summed E-state index contributed by atoms with van der Waals surface area (Å²) in [4.78, 5) is 42.8. The summed E-state index contributed by atoms with van der Waals surface area (Å²) >= 11 is 0. The highest BCUT2D eigenvalue weighted by Gasteiger charge is 2.38. The number of likely N-dealkylation sites (tertiary alicyclic amines) is 1. The smallest absolute Gasteiger partial charge is 0.410 e. The number of hydrogen-bond donors (Lipinski definition) is 1. The van der Waals surface area contributed by atoms with Crippen molar-refractivity contribution in [1.29, 1.82) is 5.26 Å². The summed E-state index contributed by atoms with van der Waals surface area (Å²) in [5.74, 6) is -4.05. The Morgan fingerprint density at radius 1 is 1.00 bits per heavy atom. The number of hydrogen-bond acceptors (Lipinski definition) is 7. The molecule has 13 heteroatoms. The average Bonchev–Trinajstić information content (AvgIpc) is 3.73. The minimum Gasteiger partial charge on any atom is -0.487 e. The summed E-state index contributed by atoms with van der Waals surface area (Å²) in [7, 11) is 0. The van der Waals surface area contributed by atoms with Gasteiger partial charge in [-0.3, -0.25) is 14.3 Å². The van der Waals surface area contributed by atoms with Gasteiger partial charge in [-0.1, -0.05) is 42.5 Å². The number of rotatable bonds is 7. The Morgan fingerprint density at radius 2 is 1.70 bits per heavy atom. The van der Waals surface area contributed by atoms with E-state index in [-0.39, 0.29) is 46.6 Å². The van der Waals surface area contributed by atoms with Gasteiger partial charge in [0.2, 0.25) is 0 Å². The molecule has 3 aromatic carbocycles. The highest BCUT2D eigenvalue weighted by atomic mass is 19.3. The molecule has 4 aromatic rings. The molecular weight excluding hydrogens is 646 g/mol. The Kier molecular flexibility index (Phi) is 9.05. The summed E-state index contributed by atoms with van der Waals surface area (Å²) in [5, 5.41) is 16.9. The lowest BCUT2D eigenvalue weighted by Crippen LogP contribution is -2.47. The van der Waals surface area contributed by atoms with Crippen LogP contribution in [-0.2, 0) is 17.2 Å². The van der Waals surface area contributed by atoms with Gasteiger partial charge in [-0.2, -0.15) is 19.1 Å². The topological polar surface area (TPSA) is 130 Å². The molecule has 6 rings (SSSR count). The number of benzene rings is 3. The van der Waals surface area contributed by atoms with Crippen LogP contribution in [0.2, 0.25) is 0 Å². The lowest BCUT2D eigenvalue weighted by Gasteiger charge is -2.34. The lowest BCUT2D eigenvalue weighted by molar-refractivity contribution is 0.0275. The standard InChI is InChI=1S/C37H36F2N6O5/c1-23-21-44-32(34(47)45(23)28-13-10-26(11-14-28)37(38,39)25-8-6-5-7-9-25)30(20-41-44)33(46)42-27-12-15-31(24(18-27)19-40)49-29-16-17-43(22-29)35(48)50-36(2,3)4/h5-15,18,20,23,29H,16-17,21-22H2,1-4H3,(H,42,46)/t23-,29-/m0/s1. The summed E-state index contributed by atoms with van der Waals surface area (Å²) in [5.41, 5.74) is -0.0320. The molecule has 3 heterocycles. The SMILES string of the molecule is C[C@H]1Cn2ncc(C(=O)Nc3ccc(O[C@H]4CCN(C(=O)OC(C)(C)C)C4)c(C#N)c3)c2C(=O)N1c1ccc(C(F)(F)c2ccccc2)cc1. The predicted octanol–water partition coefficient (Wildman–Crippen LogP) is 6.58. The van der Waals surface area contributed by atoms with Gasteiger partial charge in [0, 0.05) is 35.5 Å². The van der Waals surface area contributed by atoms with Crippen LogP contribution >= 0.6 is 0 Å². The summed E-state index contributed by atoms with van der Waals surface area (Å²) < 4.78 is 43.3. The minimum atomic E-state index is -3.23. The summed E-state index contributed by atoms with van der Waals surface area (Å²) in [6.07, 6.45) is 1.09. The maximum absolute atomic E-state index is 15.2. The zero-order valence-corrected chi connectivity index (χ0v) is 28.0. The molecule has 0 aliphatic carbocycles. The van der Waals surface area contributed by atoms with Crippen LogP contribution < -0.4 is 15.0 Å². The van der Waals surface area contributed by atoms with Crippen molar-refractivity contribution >= 4 is 29.3 Å². The van der Waals surface area contributed by atoms with Crippen LogP contribution in [0.5, 0.6) is 5.75 Å². The van der Waals surface area contributed by atoms with Crippen molar-refractivity contribution in [3.63, 3.8) is 0 Å². The maximum atomic E-state index is 15.2. The predicted molar refractivity (Wildman–Crippen MR) is 180 cm³/mol. The Balaban J connectivity index is 1.15. The number of amides is 3. The first kappa shape index (κ1) is 34.1. The third kappa shape index (κ3) is 6.87. The zero-order chi connectivity index (χ0) is 35.8. The number of aromatic nitrogens is 2. The number of carbonyl (C=O) groups excluding carboxylic acids is 3. The molecule has 0 radical (unpaired) electrons. The fourth-order valence-electron chi connectivity index (χ4n) is 6.07. The summed E-state index contributed by atoms with van der Waals surface area (Å²) in [6.45, 7) is 8.22. The highest BCUT2D eigenvalue weighted by Crippen LogP contribution is 2.37. The molecule has 3 amide bonds. The first-order valence-corrected chi connectivity index (χ1v) is 16.2. The van der Waals surface area contributed by atoms with Crippen molar-refractivity contribution < 1.29 is 32.6 Å². The fourth-order valence-corrected chi connectivity index (χ4v) is 6.07. The van der Waals surface area contributed by atoms with E-state index in [0.717, 1.165) is 0 Å². The molecule has 50 heavy (non-hydrogen) atoms. The molecule has 11 nitrogen and oxygen atoms in total. The zero-order valence-electron chi connectivity index (χ0n) is 28.0. The van der Waals surface area contributed by atoms with Crippen molar-refractivity contribution in [2.75, 3.05) is 23.3 Å². The van der Waals surface area contributed by atoms with Crippen LogP contribution in [0, 0.1) is 11.3 Å². The second-order valence-corrected chi connectivity index (χ2v) is 13.3. The number of nitrogens with zero attached hydrogens (tertiary/aromatic N) is 5. The molecule has 2 aliphatic heterocycles. The lowest BCUT2D eigenvalue weighted by atomic mass is 9.99. The maximum Gasteiger partial charge on any atom is 0.410 e. The van der Waals surface area contributed by atoms with Crippen molar-refractivity contribution in [1.82, 2.24) is 14.7 Å². The second kappa shape index (κ2) is 13.3. The van der Waals surface area contributed by atoms with E-state index in [2.05, 4.69) is 16.5 Å². The Hall–Kier alpha value is -5.77. The third-order valence-corrected chi connectivity index (χ3v) is 8.48. The molecular formula is C37H36F2N6O5. The van der Waals surface area contributed by atoms with Gasteiger partial charge in [0.1, 0.15) is 29.2 Å². The molecule has 1 aromatic heterocycles. The van der Waals surface area contributed by atoms with E-state index < -0.39 is 29.4 Å². The monoisotopic (exact) mass is 682 g/mol. The number of alkyl halides is 2. The van der Waals surface area contributed by atoms with Gasteiger partial charge in [-0.05, 0) is 58.0 Å². The van der Waals surface area contributed by atoms with Crippen molar-refractivity contribution in [2.45, 2.75) is 64.3 Å². The molecule has 0 saturated carbocycles. The molecule has 0 spiro atoms. The van der Waals surface area contributed by atoms with Gasteiger partial charge >= 0.3 is 6.09 Å². The van der Waals surface area contributed by atoms with E-state index in [1.807, 2.05) is 6.92 Å². The van der Waals surface area contributed by atoms with Crippen LogP contribution in [0.4, 0.5) is 25.0 Å². The normalized spacial score (nSPS) is 17.6. The first-order chi connectivity index (χ1) is 23.7. The van der Waals surface area contributed by atoms with E-state index >= 15 is 8.78 Å². The van der Waals surface area contributed by atoms with Crippen LogP contribution in [-0.4, -0.2) is 63.4 Å².